The zero-order valence-electron chi connectivity index (χ0n) is 25.4. The molecule has 5 aromatic rings. The number of fused-ring (bicyclic) bond motifs is 2. The second kappa shape index (κ2) is 13.5. The zero-order valence-corrected chi connectivity index (χ0v) is 25.4. The third-order valence-electron chi connectivity index (χ3n) is 7.29. The van der Waals surface area contributed by atoms with Gasteiger partial charge in [-0.3, -0.25) is 14.4 Å². The Labute approximate surface area is 252 Å². The molecule has 0 atom stereocenters. The molecule has 0 unspecified atom stereocenters. The summed E-state index contributed by atoms with van der Waals surface area (Å²) in [5.74, 6) is 0.955. The molecule has 43 heavy (non-hydrogen) atoms. The van der Waals surface area contributed by atoms with Crippen LogP contribution in [0.15, 0.2) is 85.3 Å². The summed E-state index contributed by atoms with van der Waals surface area (Å²) in [6.45, 7) is 12.4. The lowest BCUT2D eigenvalue weighted by Crippen LogP contribution is -2.37. The van der Waals surface area contributed by atoms with Gasteiger partial charge in [0.15, 0.2) is 0 Å². The second-order valence-corrected chi connectivity index (χ2v) is 11.0. The monoisotopic (exact) mass is 577 g/mol. The Morgan fingerprint density at radius 2 is 1.81 bits per heavy atom. The largest absolute Gasteiger partial charge is 0.492 e. The van der Waals surface area contributed by atoms with Crippen molar-refractivity contribution in [3.8, 4) is 5.75 Å². The maximum atomic E-state index is 12.9. The lowest BCUT2D eigenvalue weighted by molar-refractivity contribution is -0.111. The van der Waals surface area contributed by atoms with Gasteiger partial charge in [0.1, 0.15) is 17.9 Å². The van der Waals surface area contributed by atoms with Gasteiger partial charge in [0.25, 0.3) is 0 Å². The number of anilines is 3. The summed E-state index contributed by atoms with van der Waals surface area (Å²) < 4.78 is 7.86. The van der Waals surface area contributed by atoms with E-state index < -0.39 is 0 Å². The van der Waals surface area contributed by atoms with E-state index >= 15 is 0 Å². The van der Waals surface area contributed by atoms with Crippen molar-refractivity contribution < 1.29 is 9.53 Å². The summed E-state index contributed by atoms with van der Waals surface area (Å²) in [5.41, 5.74) is 4.38. The highest BCUT2D eigenvalue weighted by Gasteiger charge is 2.15. The summed E-state index contributed by atoms with van der Waals surface area (Å²) in [6.07, 6.45) is 6.86. The van der Waals surface area contributed by atoms with Crippen LogP contribution in [0.2, 0.25) is 0 Å². The average molecular weight is 578 g/mol. The minimum absolute atomic E-state index is 0.225. The van der Waals surface area contributed by atoms with E-state index in [2.05, 4.69) is 82.6 Å². The first-order chi connectivity index (χ1) is 20.8. The number of carbonyl (C=O) groups excluding carboxylic acids is 1. The first-order valence-electron chi connectivity index (χ1n) is 14.7. The van der Waals surface area contributed by atoms with E-state index in [-0.39, 0.29) is 5.91 Å². The van der Waals surface area contributed by atoms with Crippen molar-refractivity contribution in [2.75, 3.05) is 23.8 Å². The number of ether oxygens (including phenoxy) is 1. The predicted octanol–water partition coefficient (Wildman–Crippen LogP) is 6.78. The number of hydrogen-bond donors (Lipinski definition) is 2. The van der Waals surface area contributed by atoms with Gasteiger partial charge in [0.2, 0.25) is 5.91 Å². The molecule has 9 heteroatoms. The fourth-order valence-corrected chi connectivity index (χ4v) is 5.21. The van der Waals surface area contributed by atoms with E-state index in [1.807, 2.05) is 60.3 Å². The van der Waals surface area contributed by atoms with Gasteiger partial charge in [0.05, 0.1) is 36.1 Å². The molecule has 3 aromatic carbocycles. The number of nitrogens with zero attached hydrogens (tertiary/aromatic N) is 5. The molecule has 1 amide bonds. The molecule has 2 heterocycles. The van der Waals surface area contributed by atoms with Gasteiger partial charge in [-0.05, 0) is 64.4 Å². The van der Waals surface area contributed by atoms with Gasteiger partial charge < -0.3 is 15.4 Å². The minimum atomic E-state index is -0.225. The number of carbonyl (C=O) groups is 1. The van der Waals surface area contributed by atoms with Crippen molar-refractivity contribution in [2.45, 2.75) is 53.2 Å². The number of benzene rings is 3. The van der Waals surface area contributed by atoms with Crippen molar-refractivity contribution in [1.29, 1.82) is 0 Å². The minimum Gasteiger partial charge on any atom is -0.492 e. The van der Waals surface area contributed by atoms with Gasteiger partial charge >= 0.3 is 0 Å². The third kappa shape index (κ3) is 7.18. The highest BCUT2D eigenvalue weighted by atomic mass is 16.5. The molecule has 2 aromatic heterocycles. The number of rotatable bonds is 12. The molecule has 222 valence electrons. The first-order valence-corrected chi connectivity index (χ1v) is 14.7. The van der Waals surface area contributed by atoms with Crippen molar-refractivity contribution in [1.82, 2.24) is 24.6 Å². The molecule has 0 aliphatic heterocycles. The smallest absolute Gasteiger partial charge is 0.248 e. The van der Waals surface area contributed by atoms with Crippen LogP contribution in [0.4, 0.5) is 17.2 Å². The van der Waals surface area contributed by atoms with E-state index in [9.17, 15) is 4.79 Å². The Morgan fingerprint density at radius 3 is 2.56 bits per heavy atom. The number of amides is 1. The highest BCUT2D eigenvalue weighted by molar-refractivity contribution is 6.03. The van der Waals surface area contributed by atoms with Crippen LogP contribution in [0, 0.1) is 0 Å². The number of hydrogen-bond acceptors (Lipinski definition) is 7. The molecule has 0 saturated carbocycles. The summed E-state index contributed by atoms with van der Waals surface area (Å²) in [7, 11) is 0. The molecule has 2 N–H and O–H groups in total. The lowest BCUT2D eigenvalue weighted by Gasteiger charge is -2.29. The number of nitrogens with one attached hydrogen (secondary N) is 2. The second-order valence-electron chi connectivity index (χ2n) is 11.0. The van der Waals surface area contributed by atoms with E-state index in [4.69, 9.17) is 4.74 Å². The van der Waals surface area contributed by atoms with E-state index in [1.54, 1.807) is 6.08 Å². The molecule has 0 fully saturated rings. The van der Waals surface area contributed by atoms with Crippen LogP contribution < -0.4 is 15.4 Å². The summed E-state index contributed by atoms with van der Waals surface area (Å²) in [6, 6.07) is 20.9. The zero-order chi connectivity index (χ0) is 30.3. The Balaban J connectivity index is 1.38. The maximum absolute atomic E-state index is 12.9. The molecular formula is C34H39N7O2. The summed E-state index contributed by atoms with van der Waals surface area (Å²) in [5, 5.41) is 12.8. The highest BCUT2D eigenvalue weighted by Crippen LogP contribution is 2.34. The lowest BCUT2D eigenvalue weighted by atomic mass is 10.1. The topological polar surface area (TPSA) is 97.2 Å². The molecule has 0 radical (unpaired) electrons. The quantitative estimate of drug-likeness (QED) is 0.158. The Bertz CT molecular complexity index is 1720. The maximum Gasteiger partial charge on any atom is 0.248 e. The van der Waals surface area contributed by atoms with Crippen LogP contribution in [0.5, 0.6) is 5.75 Å². The fraction of sp³-hybridized carbons (Fsp3) is 0.294. The van der Waals surface area contributed by atoms with E-state index in [1.165, 1.54) is 11.9 Å². The number of aromatic nitrogens is 4. The molecule has 0 bridgehead atoms. The molecule has 0 saturated heterocycles. The normalized spacial score (nSPS) is 11.8. The molecule has 9 nitrogen and oxygen atoms in total. The van der Waals surface area contributed by atoms with Gasteiger partial charge in [-0.2, -0.15) is 5.10 Å². The molecule has 5 rings (SSSR count). The van der Waals surface area contributed by atoms with E-state index in [0.717, 1.165) is 22.0 Å². The van der Waals surface area contributed by atoms with Crippen molar-refractivity contribution in [3.05, 3.63) is 90.9 Å². The predicted molar refractivity (Wildman–Crippen MR) is 174 cm³/mol. The van der Waals surface area contributed by atoms with Crippen molar-refractivity contribution >= 4 is 44.9 Å². The van der Waals surface area contributed by atoms with E-state index in [0.29, 0.717) is 54.6 Å². The molecule has 0 aliphatic rings. The molecule has 0 spiro atoms. The van der Waals surface area contributed by atoms with Crippen molar-refractivity contribution in [3.63, 3.8) is 0 Å². The Kier molecular flexibility index (Phi) is 9.32. The van der Waals surface area contributed by atoms with Crippen LogP contribution in [-0.2, 0) is 11.3 Å². The van der Waals surface area contributed by atoms with Crippen LogP contribution in [0.25, 0.3) is 21.8 Å². The first kappa shape index (κ1) is 29.7. The average Bonchev–Trinajstić information content (AvgIpc) is 3.38. The van der Waals surface area contributed by atoms with Crippen LogP contribution >= 0.6 is 0 Å². The molecular weight excluding hydrogens is 538 g/mol. The summed E-state index contributed by atoms with van der Waals surface area (Å²) in [4.78, 5) is 24.2. The van der Waals surface area contributed by atoms with Crippen LogP contribution in [-0.4, -0.2) is 55.8 Å². The third-order valence-corrected chi connectivity index (χ3v) is 7.29. The van der Waals surface area contributed by atoms with Gasteiger partial charge in [-0.15, -0.1) is 0 Å². The van der Waals surface area contributed by atoms with Crippen molar-refractivity contribution in [2.24, 2.45) is 0 Å². The Morgan fingerprint density at radius 1 is 1.02 bits per heavy atom. The van der Waals surface area contributed by atoms with Crippen LogP contribution in [0.3, 0.4) is 0 Å². The van der Waals surface area contributed by atoms with Crippen LogP contribution in [0.1, 0.15) is 40.2 Å². The standard InChI is InChI=1S/C34H39N7O2/c1-6-43-32-19-29-28(18-30(32)39-33(42)13-10-16-40(23(2)3)24(4)5)34(36-22-35-29)38-27-14-15-31-26(17-27)20-37-41(31)21-25-11-8-7-9-12-25/h7-15,17-20,22-24H,6,16,21H2,1-5H3,(H,39,42)(H,35,36,38). The summed E-state index contributed by atoms with van der Waals surface area (Å²) >= 11 is 0. The SMILES string of the molecule is CCOc1cc2ncnc(Nc3ccc4c(cnn4Cc4ccccc4)c3)c2cc1NC(=O)C=CCN(C(C)C)C(C)C. The Hall–Kier alpha value is -4.76. The van der Waals surface area contributed by atoms with Gasteiger partial charge in [0, 0.05) is 47.2 Å². The van der Waals surface area contributed by atoms with Gasteiger partial charge in [-0.1, -0.05) is 36.4 Å². The van der Waals surface area contributed by atoms with Gasteiger partial charge in [-0.25, -0.2) is 9.97 Å². The fourth-order valence-electron chi connectivity index (χ4n) is 5.21. The molecule has 0 aliphatic carbocycles.